The van der Waals surface area contributed by atoms with Gasteiger partial charge in [-0.25, -0.2) is 4.98 Å². The van der Waals surface area contributed by atoms with Gasteiger partial charge >= 0.3 is 0 Å². The predicted octanol–water partition coefficient (Wildman–Crippen LogP) is 3.56. The number of anilines is 1. The first kappa shape index (κ1) is 17.8. The lowest BCUT2D eigenvalue weighted by atomic mass is 10.0. The summed E-state index contributed by atoms with van der Waals surface area (Å²) in [6.07, 6.45) is 1.69. The molecule has 146 valence electrons. The molecule has 1 aliphatic heterocycles. The number of nitrogens with two attached hydrogens (primary N) is 1. The molecule has 2 aromatic heterocycles. The summed E-state index contributed by atoms with van der Waals surface area (Å²) in [4.78, 5) is 19.4. The molecule has 3 heterocycles. The molecule has 0 radical (unpaired) electrons. The number of hydrogen-bond donors (Lipinski definition) is 1. The van der Waals surface area contributed by atoms with E-state index in [1.165, 1.54) is 0 Å². The highest BCUT2D eigenvalue weighted by Crippen LogP contribution is 2.38. The first-order valence-corrected chi connectivity index (χ1v) is 9.52. The standard InChI is InChI=1S/C21H18ClN5O2/c1-26(17-10-29-18-8-12(22)4-5-13(17)18)21(28)11-3-6-16-14(7-11)19-15(20(23)25-16)9-24-27(19)2/h3-9,17H,10H2,1-2H3,(H2,23,25). The summed E-state index contributed by atoms with van der Waals surface area (Å²) in [7, 11) is 3.63. The second-order valence-corrected chi connectivity index (χ2v) is 7.62. The van der Waals surface area contributed by atoms with E-state index in [-0.39, 0.29) is 11.9 Å². The van der Waals surface area contributed by atoms with Gasteiger partial charge < -0.3 is 15.4 Å². The lowest BCUT2D eigenvalue weighted by molar-refractivity contribution is 0.0708. The minimum atomic E-state index is -0.174. The van der Waals surface area contributed by atoms with Crippen LogP contribution in [0.1, 0.15) is 22.0 Å². The van der Waals surface area contributed by atoms with E-state index in [0.29, 0.717) is 23.0 Å². The van der Waals surface area contributed by atoms with Crippen molar-refractivity contribution in [3.8, 4) is 5.75 Å². The molecule has 0 saturated carbocycles. The third kappa shape index (κ3) is 2.69. The molecular weight excluding hydrogens is 390 g/mol. The molecule has 1 aliphatic rings. The zero-order valence-corrected chi connectivity index (χ0v) is 16.6. The van der Waals surface area contributed by atoms with Crippen molar-refractivity contribution >= 4 is 45.1 Å². The minimum absolute atomic E-state index is 0.101. The molecule has 1 atom stereocenters. The molecule has 1 unspecified atom stereocenters. The fourth-order valence-electron chi connectivity index (χ4n) is 3.92. The Balaban J connectivity index is 1.56. The Bertz CT molecular complexity index is 1300. The van der Waals surface area contributed by atoms with Crippen LogP contribution in [0.5, 0.6) is 5.75 Å². The number of carbonyl (C=O) groups is 1. The second-order valence-electron chi connectivity index (χ2n) is 7.18. The summed E-state index contributed by atoms with van der Waals surface area (Å²) in [5.74, 6) is 1.04. The topological polar surface area (TPSA) is 86.3 Å². The molecule has 5 rings (SSSR count). The van der Waals surface area contributed by atoms with Crippen molar-refractivity contribution in [1.82, 2.24) is 19.7 Å². The fraction of sp³-hybridized carbons (Fsp3) is 0.190. The van der Waals surface area contributed by atoms with Gasteiger partial charge in [0.25, 0.3) is 5.91 Å². The van der Waals surface area contributed by atoms with Gasteiger partial charge in [0.15, 0.2) is 0 Å². The highest BCUT2D eigenvalue weighted by Gasteiger charge is 2.31. The number of hydrogen-bond acceptors (Lipinski definition) is 5. The van der Waals surface area contributed by atoms with Crippen molar-refractivity contribution in [3.05, 3.63) is 58.7 Å². The summed E-state index contributed by atoms with van der Waals surface area (Å²) in [6, 6.07) is 10.8. The quantitative estimate of drug-likeness (QED) is 0.549. The molecule has 0 spiro atoms. The SMILES string of the molecule is CN(C(=O)c1ccc2nc(N)c3cnn(C)c3c2c1)C1COc2cc(Cl)ccc21. The number of ether oxygens (including phenoxy) is 1. The van der Waals surface area contributed by atoms with Crippen molar-refractivity contribution in [2.45, 2.75) is 6.04 Å². The number of benzene rings is 2. The van der Waals surface area contributed by atoms with E-state index in [2.05, 4.69) is 10.1 Å². The van der Waals surface area contributed by atoms with Gasteiger partial charge in [-0.3, -0.25) is 9.48 Å². The van der Waals surface area contributed by atoms with E-state index in [0.717, 1.165) is 33.1 Å². The van der Waals surface area contributed by atoms with Crippen molar-refractivity contribution in [1.29, 1.82) is 0 Å². The zero-order valence-electron chi connectivity index (χ0n) is 15.9. The number of halogens is 1. The summed E-state index contributed by atoms with van der Waals surface area (Å²) in [5.41, 5.74) is 9.16. The molecular formula is C21H18ClN5O2. The van der Waals surface area contributed by atoms with Crippen molar-refractivity contribution in [2.75, 3.05) is 19.4 Å². The van der Waals surface area contributed by atoms with Crippen molar-refractivity contribution < 1.29 is 9.53 Å². The highest BCUT2D eigenvalue weighted by molar-refractivity contribution is 6.30. The zero-order chi connectivity index (χ0) is 20.3. The van der Waals surface area contributed by atoms with E-state index in [1.807, 2.05) is 31.3 Å². The van der Waals surface area contributed by atoms with Crippen LogP contribution in [0.2, 0.25) is 5.02 Å². The van der Waals surface area contributed by atoms with Crippen LogP contribution in [-0.4, -0.2) is 39.2 Å². The van der Waals surface area contributed by atoms with Crippen LogP contribution in [0.4, 0.5) is 5.82 Å². The van der Waals surface area contributed by atoms with E-state index >= 15 is 0 Å². The van der Waals surface area contributed by atoms with Gasteiger partial charge in [0.2, 0.25) is 0 Å². The lowest BCUT2D eigenvalue weighted by Gasteiger charge is -2.24. The predicted molar refractivity (Wildman–Crippen MR) is 112 cm³/mol. The first-order valence-electron chi connectivity index (χ1n) is 9.14. The number of rotatable bonds is 2. The summed E-state index contributed by atoms with van der Waals surface area (Å²) >= 11 is 6.04. The largest absolute Gasteiger partial charge is 0.491 e. The van der Waals surface area contributed by atoms with E-state index in [9.17, 15) is 4.79 Å². The number of likely N-dealkylation sites (N-methyl/N-ethyl adjacent to an activating group) is 1. The van der Waals surface area contributed by atoms with Crippen LogP contribution in [0.25, 0.3) is 21.8 Å². The van der Waals surface area contributed by atoms with Crippen molar-refractivity contribution in [3.63, 3.8) is 0 Å². The fourth-order valence-corrected chi connectivity index (χ4v) is 4.09. The molecule has 8 heteroatoms. The molecule has 0 saturated heterocycles. The number of pyridine rings is 1. The lowest BCUT2D eigenvalue weighted by Crippen LogP contribution is -2.32. The van der Waals surface area contributed by atoms with E-state index in [4.69, 9.17) is 22.1 Å². The molecule has 0 fully saturated rings. The smallest absolute Gasteiger partial charge is 0.254 e. The molecule has 2 aromatic carbocycles. The van der Waals surface area contributed by atoms with Crippen LogP contribution in [0.3, 0.4) is 0 Å². The Morgan fingerprint density at radius 2 is 2.10 bits per heavy atom. The van der Waals surface area contributed by atoms with Crippen LogP contribution in [0, 0.1) is 0 Å². The minimum Gasteiger partial charge on any atom is -0.491 e. The molecule has 7 nitrogen and oxygen atoms in total. The Morgan fingerprint density at radius 3 is 2.93 bits per heavy atom. The van der Waals surface area contributed by atoms with Gasteiger partial charge in [-0.2, -0.15) is 5.10 Å². The number of aryl methyl sites for hydroxylation is 1. The van der Waals surface area contributed by atoms with Crippen LogP contribution in [-0.2, 0) is 7.05 Å². The summed E-state index contributed by atoms with van der Waals surface area (Å²) in [6.45, 7) is 0.398. The Hall–Kier alpha value is -3.32. The number of aromatic nitrogens is 3. The van der Waals surface area contributed by atoms with Crippen molar-refractivity contribution in [2.24, 2.45) is 7.05 Å². The molecule has 1 amide bonds. The molecule has 0 bridgehead atoms. The Morgan fingerprint density at radius 1 is 1.28 bits per heavy atom. The van der Waals surface area contributed by atoms with Gasteiger partial charge in [0.05, 0.1) is 28.7 Å². The maximum atomic E-state index is 13.3. The van der Waals surface area contributed by atoms with Gasteiger partial charge in [-0.05, 0) is 30.3 Å². The first-order chi connectivity index (χ1) is 13.9. The molecule has 29 heavy (non-hydrogen) atoms. The highest BCUT2D eigenvalue weighted by atomic mass is 35.5. The molecule has 0 aliphatic carbocycles. The maximum absolute atomic E-state index is 13.3. The van der Waals surface area contributed by atoms with Gasteiger partial charge in [0, 0.05) is 35.6 Å². The van der Waals surface area contributed by atoms with Gasteiger partial charge in [0.1, 0.15) is 18.2 Å². The third-order valence-corrected chi connectivity index (χ3v) is 5.71. The average Bonchev–Trinajstić information content (AvgIpc) is 3.30. The van der Waals surface area contributed by atoms with Crippen LogP contribution >= 0.6 is 11.6 Å². The molecule has 4 aromatic rings. The van der Waals surface area contributed by atoms with E-state index in [1.54, 1.807) is 35.0 Å². The average molecular weight is 408 g/mol. The van der Waals surface area contributed by atoms with Gasteiger partial charge in [-0.15, -0.1) is 0 Å². The number of nitrogen functional groups attached to an aromatic ring is 1. The van der Waals surface area contributed by atoms with Crippen LogP contribution in [0.15, 0.2) is 42.6 Å². The molecule has 2 N–H and O–H groups in total. The monoisotopic (exact) mass is 407 g/mol. The number of carbonyl (C=O) groups excluding carboxylic acids is 1. The summed E-state index contributed by atoms with van der Waals surface area (Å²) < 4.78 is 7.48. The van der Waals surface area contributed by atoms with Crippen LogP contribution < -0.4 is 10.5 Å². The number of amides is 1. The number of nitrogens with zero attached hydrogens (tertiary/aromatic N) is 4. The number of fused-ring (bicyclic) bond motifs is 4. The van der Waals surface area contributed by atoms with E-state index < -0.39 is 0 Å². The second kappa shape index (κ2) is 6.35. The normalized spacial score (nSPS) is 15.5. The third-order valence-electron chi connectivity index (χ3n) is 5.47. The van der Waals surface area contributed by atoms with Gasteiger partial charge in [-0.1, -0.05) is 17.7 Å². The Kier molecular flexibility index (Phi) is 3.89. The summed E-state index contributed by atoms with van der Waals surface area (Å²) in [5, 5.41) is 6.50. The maximum Gasteiger partial charge on any atom is 0.254 e. The Labute approximate surface area is 171 Å².